The summed E-state index contributed by atoms with van der Waals surface area (Å²) >= 11 is 0. The second kappa shape index (κ2) is 7.61. The van der Waals surface area contributed by atoms with Gasteiger partial charge >= 0.3 is 0 Å². The summed E-state index contributed by atoms with van der Waals surface area (Å²) in [5.41, 5.74) is 0. The van der Waals surface area contributed by atoms with Crippen LogP contribution in [0.25, 0.3) is 0 Å². The lowest BCUT2D eigenvalue weighted by molar-refractivity contribution is 0.160. The van der Waals surface area contributed by atoms with Crippen molar-refractivity contribution in [1.29, 1.82) is 0 Å². The summed E-state index contributed by atoms with van der Waals surface area (Å²) in [5.74, 6) is 0.836. The molecule has 3 unspecified atom stereocenters. The maximum Gasteiger partial charge on any atom is 0.0169 e. The molecule has 0 spiro atoms. The van der Waals surface area contributed by atoms with E-state index in [0.29, 0.717) is 12.1 Å². The van der Waals surface area contributed by atoms with Gasteiger partial charge in [0.1, 0.15) is 0 Å². The van der Waals surface area contributed by atoms with Crippen LogP contribution < -0.4 is 5.32 Å². The fraction of sp³-hybridized carbons (Fsp3) is 1.00. The number of nitrogens with one attached hydrogen (secondary N) is 1. The van der Waals surface area contributed by atoms with Gasteiger partial charge in [0.25, 0.3) is 0 Å². The molecule has 2 aliphatic rings. The molecule has 3 heteroatoms. The summed E-state index contributed by atoms with van der Waals surface area (Å²) < 4.78 is 0. The van der Waals surface area contributed by atoms with Gasteiger partial charge in [-0.3, -0.25) is 0 Å². The molecule has 0 saturated carbocycles. The molecule has 112 valence electrons. The summed E-state index contributed by atoms with van der Waals surface area (Å²) in [6.45, 7) is 11.2. The maximum atomic E-state index is 3.85. The number of rotatable bonds is 5. The Morgan fingerprint density at radius 2 is 1.79 bits per heavy atom. The normalized spacial score (nSPS) is 30.2. The van der Waals surface area contributed by atoms with Gasteiger partial charge in [-0.2, -0.15) is 0 Å². The Balaban J connectivity index is 1.69. The molecule has 0 bridgehead atoms. The van der Waals surface area contributed by atoms with E-state index in [1.807, 2.05) is 0 Å². The van der Waals surface area contributed by atoms with Crippen molar-refractivity contribution in [2.45, 2.75) is 58.0 Å². The summed E-state index contributed by atoms with van der Waals surface area (Å²) in [6, 6.07) is 1.28. The highest BCUT2D eigenvalue weighted by molar-refractivity contribution is 4.82. The van der Waals surface area contributed by atoms with Gasteiger partial charge in [-0.1, -0.05) is 6.42 Å². The van der Waals surface area contributed by atoms with E-state index in [0.717, 1.165) is 5.92 Å². The van der Waals surface area contributed by atoms with E-state index < -0.39 is 0 Å². The molecule has 3 atom stereocenters. The molecule has 0 aromatic carbocycles. The Kier molecular flexibility index (Phi) is 6.11. The summed E-state index contributed by atoms with van der Waals surface area (Å²) in [5, 5.41) is 3.85. The Morgan fingerprint density at radius 3 is 2.47 bits per heavy atom. The van der Waals surface area contributed by atoms with Crippen LogP contribution in [0.1, 0.15) is 46.0 Å². The molecule has 2 saturated heterocycles. The third-order valence-electron chi connectivity index (χ3n) is 4.90. The monoisotopic (exact) mass is 267 g/mol. The van der Waals surface area contributed by atoms with E-state index >= 15 is 0 Å². The summed E-state index contributed by atoms with van der Waals surface area (Å²) in [6.07, 6.45) is 7.00. The van der Waals surface area contributed by atoms with Crippen LogP contribution in [0.4, 0.5) is 0 Å². The van der Waals surface area contributed by atoms with Crippen molar-refractivity contribution in [3.8, 4) is 0 Å². The number of hydrogen-bond acceptors (Lipinski definition) is 3. The van der Waals surface area contributed by atoms with Crippen molar-refractivity contribution in [2.24, 2.45) is 5.92 Å². The molecule has 0 aromatic heterocycles. The lowest BCUT2D eigenvalue weighted by Crippen LogP contribution is -2.49. The Labute approximate surface area is 119 Å². The van der Waals surface area contributed by atoms with Crippen molar-refractivity contribution in [1.82, 2.24) is 15.1 Å². The molecule has 0 amide bonds. The van der Waals surface area contributed by atoms with Crippen molar-refractivity contribution in [3.63, 3.8) is 0 Å². The largest absolute Gasteiger partial charge is 0.310 e. The van der Waals surface area contributed by atoms with Crippen molar-refractivity contribution in [3.05, 3.63) is 0 Å². The van der Waals surface area contributed by atoms with Crippen LogP contribution in [0, 0.1) is 5.92 Å². The lowest BCUT2D eigenvalue weighted by Gasteiger charge is -2.36. The van der Waals surface area contributed by atoms with Crippen molar-refractivity contribution < 1.29 is 0 Å². The highest BCUT2D eigenvalue weighted by atomic mass is 15.2. The number of hydrogen-bond donors (Lipinski definition) is 1. The Hall–Kier alpha value is -0.120. The van der Waals surface area contributed by atoms with Crippen LogP contribution in [0.15, 0.2) is 0 Å². The summed E-state index contributed by atoms with van der Waals surface area (Å²) in [4.78, 5) is 5.13. The van der Waals surface area contributed by atoms with Gasteiger partial charge in [-0.25, -0.2) is 0 Å². The van der Waals surface area contributed by atoms with Crippen molar-refractivity contribution >= 4 is 0 Å². The lowest BCUT2D eigenvalue weighted by atomic mass is 9.91. The Bertz CT molecular complexity index is 250. The molecular formula is C16H33N3. The smallest absolute Gasteiger partial charge is 0.0169 e. The average Bonchev–Trinajstić information content (AvgIpc) is 2.39. The molecule has 19 heavy (non-hydrogen) atoms. The second-order valence-electron chi connectivity index (χ2n) is 6.88. The van der Waals surface area contributed by atoms with Gasteiger partial charge in [0.05, 0.1) is 0 Å². The standard InChI is InChI=1S/C16H33N3/c1-14(12-19-10-5-4-6-11-19)17-15(2)16-8-7-9-18(3)13-16/h14-17H,4-13H2,1-3H3. The second-order valence-corrected chi connectivity index (χ2v) is 6.88. The molecular weight excluding hydrogens is 234 g/mol. The minimum Gasteiger partial charge on any atom is -0.310 e. The van der Waals surface area contributed by atoms with E-state index in [-0.39, 0.29) is 0 Å². The number of likely N-dealkylation sites (tertiary alicyclic amines) is 2. The predicted octanol–water partition coefficient (Wildman–Crippen LogP) is 2.18. The third-order valence-corrected chi connectivity index (χ3v) is 4.90. The van der Waals surface area contributed by atoms with Crippen LogP contribution in [-0.2, 0) is 0 Å². The topological polar surface area (TPSA) is 18.5 Å². The predicted molar refractivity (Wildman–Crippen MR) is 82.6 cm³/mol. The summed E-state index contributed by atoms with van der Waals surface area (Å²) in [7, 11) is 2.26. The SMILES string of the molecule is CC(CN1CCCCC1)NC(C)C1CCCN(C)C1. The first-order chi connectivity index (χ1) is 9.15. The van der Waals surface area contributed by atoms with Gasteiger partial charge in [0, 0.05) is 25.2 Å². The van der Waals surface area contributed by atoms with Gasteiger partial charge in [-0.15, -0.1) is 0 Å². The molecule has 2 aliphatic heterocycles. The third kappa shape index (κ3) is 5.05. The molecule has 3 nitrogen and oxygen atoms in total. The van der Waals surface area contributed by atoms with Crippen LogP contribution in [0.3, 0.4) is 0 Å². The fourth-order valence-corrected chi connectivity index (χ4v) is 3.78. The van der Waals surface area contributed by atoms with Gasteiger partial charge in [-0.05, 0) is 72.1 Å². The number of piperidine rings is 2. The van der Waals surface area contributed by atoms with Gasteiger partial charge < -0.3 is 15.1 Å². The minimum atomic E-state index is 0.625. The van der Waals surface area contributed by atoms with E-state index in [2.05, 4.69) is 36.0 Å². The molecule has 0 aliphatic carbocycles. The highest BCUT2D eigenvalue weighted by Gasteiger charge is 2.24. The molecule has 2 fully saturated rings. The molecule has 1 N–H and O–H groups in total. The zero-order valence-electron chi connectivity index (χ0n) is 13.2. The van der Waals surface area contributed by atoms with Crippen LogP contribution in [0.2, 0.25) is 0 Å². The van der Waals surface area contributed by atoms with E-state index in [1.54, 1.807) is 0 Å². The average molecular weight is 267 g/mol. The molecule has 0 aromatic rings. The first-order valence-corrected chi connectivity index (χ1v) is 8.32. The van der Waals surface area contributed by atoms with E-state index in [9.17, 15) is 0 Å². The zero-order valence-corrected chi connectivity index (χ0v) is 13.2. The minimum absolute atomic E-state index is 0.625. The first kappa shape index (κ1) is 15.3. The van der Waals surface area contributed by atoms with Crippen LogP contribution in [0.5, 0.6) is 0 Å². The van der Waals surface area contributed by atoms with E-state index in [1.165, 1.54) is 64.8 Å². The first-order valence-electron chi connectivity index (χ1n) is 8.32. The fourth-order valence-electron chi connectivity index (χ4n) is 3.78. The highest BCUT2D eigenvalue weighted by Crippen LogP contribution is 2.19. The van der Waals surface area contributed by atoms with Gasteiger partial charge in [0.2, 0.25) is 0 Å². The van der Waals surface area contributed by atoms with E-state index in [4.69, 9.17) is 0 Å². The van der Waals surface area contributed by atoms with Gasteiger partial charge in [0.15, 0.2) is 0 Å². The zero-order chi connectivity index (χ0) is 13.7. The maximum absolute atomic E-state index is 3.85. The van der Waals surface area contributed by atoms with Crippen LogP contribution in [-0.4, -0.2) is 61.7 Å². The molecule has 2 heterocycles. The molecule has 0 radical (unpaired) electrons. The number of nitrogens with zero attached hydrogens (tertiary/aromatic N) is 2. The van der Waals surface area contributed by atoms with Crippen molar-refractivity contribution in [2.75, 3.05) is 39.8 Å². The quantitative estimate of drug-likeness (QED) is 0.824. The Morgan fingerprint density at radius 1 is 1.05 bits per heavy atom. The van der Waals surface area contributed by atoms with Crippen LogP contribution >= 0.6 is 0 Å². The molecule has 2 rings (SSSR count).